The normalized spacial score (nSPS) is 13.3. The molecule has 1 rings (SSSR count). The summed E-state index contributed by atoms with van der Waals surface area (Å²) in [6.07, 6.45) is 0.427. The number of nitrogens with zero attached hydrogens (tertiary/aromatic N) is 2. The number of hydrogen-bond acceptors (Lipinski definition) is 2. The van der Waals surface area contributed by atoms with Gasteiger partial charge in [-0.25, -0.2) is 4.39 Å². The number of aromatic nitrogens is 1. The van der Waals surface area contributed by atoms with Crippen molar-refractivity contribution in [2.45, 2.75) is 39.3 Å². The van der Waals surface area contributed by atoms with E-state index in [2.05, 4.69) is 4.98 Å². The first-order valence-corrected chi connectivity index (χ1v) is 4.91. The Labute approximate surface area is 89.8 Å². The molecule has 0 bridgehead atoms. The van der Waals surface area contributed by atoms with Gasteiger partial charge >= 0.3 is 0 Å². The standard InChI is InChI=1S/C12H15FN2/c1-8(13)9-5-6-15-11(10(9)7-14)12(2,3)4/h5-6,8H,1-4H3. The van der Waals surface area contributed by atoms with E-state index in [1.807, 2.05) is 26.8 Å². The molecule has 0 N–H and O–H groups in total. The van der Waals surface area contributed by atoms with E-state index in [-0.39, 0.29) is 5.41 Å². The zero-order valence-electron chi connectivity index (χ0n) is 9.50. The lowest BCUT2D eigenvalue weighted by Crippen LogP contribution is -2.17. The first kappa shape index (κ1) is 11.6. The van der Waals surface area contributed by atoms with E-state index in [0.717, 1.165) is 0 Å². The van der Waals surface area contributed by atoms with Gasteiger partial charge in [0.15, 0.2) is 0 Å². The monoisotopic (exact) mass is 206 g/mol. The molecule has 1 unspecified atom stereocenters. The highest BCUT2D eigenvalue weighted by Gasteiger charge is 2.23. The molecule has 0 amide bonds. The molecule has 1 aromatic heterocycles. The van der Waals surface area contributed by atoms with E-state index in [4.69, 9.17) is 5.26 Å². The van der Waals surface area contributed by atoms with Crippen LogP contribution in [0.15, 0.2) is 12.3 Å². The number of pyridine rings is 1. The summed E-state index contributed by atoms with van der Waals surface area (Å²) < 4.78 is 13.3. The van der Waals surface area contributed by atoms with Gasteiger partial charge in [0.25, 0.3) is 0 Å². The summed E-state index contributed by atoms with van der Waals surface area (Å²) in [5.74, 6) is 0. The minimum atomic E-state index is -1.14. The number of hydrogen-bond donors (Lipinski definition) is 0. The van der Waals surface area contributed by atoms with Crippen LogP contribution < -0.4 is 0 Å². The Morgan fingerprint density at radius 1 is 1.47 bits per heavy atom. The average molecular weight is 206 g/mol. The molecule has 0 spiro atoms. The largest absolute Gasteiger partial charge is 0.259 e. The Balaban J connectivity index is 3.44. The van der Waals surface area contributed by atoms with E-state index < -0.39 is 6.17 Å². The van der Waals surface area contributed by atoms with Crippen LogP contribution in [-0.2, 0) is 5.41 Å². The maximum atomic E-state index is 13.3. The maximum Gasteiger partial charge on any atom is 0.124 e. The van der Waals surface area contributed by atoms with Gasteiger partial charge in [-0.1, -0.05) is 20.8 Å². The lowest BCUT2D eigenvalue weighted by atomic mass is 9.86. The van der Waals surface area contributed by atoms with Crippen molar-refractivity contribution in [3.63, 3.8) is 0 Å². The van der Waals surface area contributed by atoms with Crippen molar-refractivity contribution in [2.24, 2.45) is 0 Å². The second-order valence-corrected chi connectivity index (χ2v) is 4.60. The Bertz CT molecular complexity index is 397. The number of alkyl halides is 1. The summed E-state index contributed by atoms with van der Waals surface area (Å²) in [6, 6.07) is 3.62. The van der Waals surface area contributed by atoms with Gasteiger partial charge in [-0.3, -0.25) is 4.98 Å². The molecule has 0 aliphatic rings. The first-order chi connectivity index (χ1) is 6.88. The van der Waals surface area contributed by atoms with Crippen LogP contribution in [0.1, 0.15) is 50.7 Å². The van der Waals surface area contributed by atoms with Crippen molar-refractivity contribution in [3.8, 4) is 6.07 Å². The molecule has 1 aromatic rings. The number of halogens is 1. The lowest BCUT2D eigenvalue weighted by molar-refractivity contribution is 0.372. The molecule has 1 heterocycles. The van der Waals surface area contributed by atoms with Crippen molar-refractivity contribution in [1.82, 2.24) is 4.98 Å². The predicted molar refractivity (Wildman–Crippen MR) is 57.2 cm³/mol. The fourth-order valence-electron chi connectivity index (χ4n) is 1.49. The maximum absolute atomic E-state index is 13.3. The molecule has 0 fully saturated rings. The molecule has 0 aromatic carbocycles. The van der Waals surface area contributed by atoms with Crippen molar-refractivity contribution in [2.75, 3.05) is 0 Å². The van der Waals surface area contributed by atoms with Crippen molar-refractivity contribution in [3.05, 3.63) is 29.1 Å². The lowest BCUT2D eigenvalue weighted by Gasteiger charge is -2.20. The van der Waals surface area contributed by atoms with E-state index in [1.54, 1.807) is 12.3 Å². The molecule has 3 heteroatoms. The molecule has 15 heavy (non-hydrogen) atoms. The van der Waals surface area contributed by atoms with Gasteiger partial charge in [-0.2, -0.15) is 5.26 Å². The minimum absolute atomic E-state index is 0.240. The van der Waals surface area contributed by atoms with Crippen LogP contribution in [0.3, 0.4) is 0 Å². The molecule has 0 radical (unpaired) electrons. The van der Waals surface area contributed by atoms with Gasteiger partial charge in [0, 0.05) is 17.2 Å². The first-order valence-electron chi connectivity index (χ1n) is 4.91. The van der Waals surface area contributed by atoms with Crippen LogP contribution in [0.25, 0.3) is 0 Å². The Morgan fingerprint density at radius 2 is 2.07 bits per heavy atom. The summed E-state index contributed by atoms with van der Waals surface area (Å²) in [5, 5.41) is 9.05. The molecular weight excluding hydrogens is 191 g/mol. The Kier molecular flexibility index (Phi) is 3.09. The third-order valence-corrected chi connectivity index (χ3v) is 2.23. The summed E-state index contributed by atoms with van der Waals surface area (Å²) >= 11 is 0. The van der Waals surface area contributed by atoms with Gasteiger partial charge in [0.1, 0.15) is 12.2 Å². The molecule has 2 nitrogen and oxygen atoms in total. The second kappa shape index (κ2) is 3.98. The van der Waals surface area contributed by atoms with Crippen LogP contribution >= 0.6 is 0 Å². The Morgan fingerprint density at radius 3 is 2.47 bits per heavy atom. The quantitative estimate of drug-likeness (QED) is 0.707. The molecule has 0 saturated heterocycles. The minimum Gasteiger partial charge on any atom is -0.259 e. The summed E-state index contributed by atoms with van der Waals surface area (Å²) in [6.45, 7) is 7.32. The highest BCUT2D eigenvalue weighted by molar-refractivity contribution is 5.44. The van der Waals surface area contributed by atoms with Crippen LogP contribution in [0.2, 0.25) is 0 Å². The smallest absolute Gasteiger partial charge is 0.124 e. The SMILES string of the molecule is CC(F)c1ccnc(C(C)(C)C)c1C#N. The van der Waals surface area contributed by atoms with Crippen molar-refractivity contribution in [1.29, 1.82) is 5.26 Å². The van der Waals surface area contributed by atoms with Crippen molar-refractivity contribution < 1.29 is 4.39 Å². The number of rotatable bonds is 1. The average Bonchev–Trinajstić information content (AvgIpc) is 2.15. The van der Waals surface area contributed by atoms with E-state index in [9.17, 15) is 4.39 Å². The van der Waals surface area contributed by atoms with Crippen LogP contribution in [0.4, 0.5) is 4.39 Å². The molecular formula is C12H15FN2. The van der Waals surface area contributed by atoms with Gasteiger partial charge < -0.3 is 0 Å². The molecule has 1 atom stereocenters. The fraction of sp³-hybridized carbons (Fsp3) is 0.500. The van der Waals surface area contributed by atoms with Crippen LogP contribution in [-0.4, -0.2) is 4.98 Å². The highest BCUT2D eigenvalue weighted by atomic mass is 19.1. The van der Waals surface area contributed by atoms with Crippen LogP contribution in [0, 0.1) is 11.3 Å². The topological polar surface area (TPSA) is 36.7 Å². The van der Waals surface area contributed by atoms with Gasteiger partial charge in [-0.05, 0) is 13.0 Å². The third-order valence-electron chi connectivity index (χ3n) is 2.23. The zero-order chi connectivity index (χ0) is 11.6. The third kappa shape index (κ3) is 2.33. The predicted octanol–water partition coefficient (Wildman–Crippen LogP) is 3.28. The van der Waals surface area contributed by atoms with Crippen LogP contribution in [0.5, 0.6) is 0 Å². The van der Waals surface area contributed by atoms with Gasteiger partial charge in [0.05, 0.1) is 11.3 Å². The second-order valence-electron chi connectivity index (χ2n) is 4.60. The van der Waals surface area contributed by atoms with Gasteiger partial charge in [-0.15, -0.1) is 0 Å². The van der Waals surface area contributed by atoms with E-state index >= 15 is 0 Å². The fourth-order valence-corrected chi connectivity index (χ4v) is 1.49. The van der Waals surface area contributed by atoms with Gasteiger partial charge in [0.2, 0.25) is 0 Å². The van der Waals surface area contributed by atoms with E-state index in [1.165, 1.54) is 6.92 Å². The summed E-state index contributed by atoms with van der Waals surface area (Å²) in [7, 11) is 0. The highest BCUT2D eigenvalue weighted by Crippen LogP contribution is 2.29. The molecule has 0 aliphatic heterocycles. The molecule has 0 aliphatic carbocycles. The molecule has 80 valence electrons. The van der Waals surface area contributed by atoms with E-state index in [0.29, 0.717) is 16.8 Å². The van der Waals surface area contributed by atoms with Crippen molar-refractivity contribution >= 4 is 0 Å². The number of nitriles is 1. The Hall–Kier alpha value is -1.43. The zero-order valence-corrected chi connectivity index (χ0v) is 9.50. The summed E-state index contributed by atoms with van der Waals surface area (Å²) in [4.78, 5) is 4.17. The molecule has 0 saturated carbocycles. The summed E-state index contributed by atoms with van der Waals surface area (Å²) in [5.41, 5.74) is 1.22.